The minimum absolute atomic E-state index is 0.0110. The Kier molecular flexibility index (Phi) is 4.43. The third-order valence-electron chi connectivity index (χ3n) is 2.43. The van der Waals surface area contributed by atoms with Gasteiger partial charge in [0.2, 0.25) is 0 Å². The standard InChI is InChI=1S/C13H11F2NO3S/c14-11-6-7-13(12(15)8-11)20(17,18)16-19-9-10-4-2-1-3-5-10/h1-8,16H,9H2. The fourth-order valence-electron chi connectivity index (χ4n) is 1.50. The Morgan fingerprint density at radius 1 is 1.05 bits per heavy atom. The molecule has 1 N–H and O–H groups in total. The summed E-state index contributed by atoms with van der Waals surface area (Å²) in [6.07, 6.45) is 0. The Bertz CT molecular complexity index is 690. The fourth-order valence-corrected chi connectivity index (χ4v) is 2.37. The van der Waals surface area contributed by atoms with Crippen molar-refractivity contribution in [3.8, 4) is 0 Å². The van der Waals surface area contributed by atoms with Gasteiger partial charge in [-0.1, -0.05) is 35.2 Å². The molecule has 0 atom stereocenters. The van der Waals surface area contributed by atoms with E-state index < -0.39 is 26.6 Å². The zero-order valence-electron chi connectivity index (χ0n) is 10.2. The molecular weight excluding hydrogens is 288 g/mol. The number of benzene rings is 2. The topological polar surface area (TPSA) is 55.4 Å². The number of hydrogen-bond donors (Lipinski definition) is 1. The summed E-state index contributed by atoms with van der Waals surface area (Å²) >= 11 is 0. The molecule has 7 heteroatoms. The number of hydrogen-bond acceptors (Lipinski definition) is 3. The SMILES string of the molecule is O=S(=O)(NOCc1ccccc1)c1ccc(F)cc1F. The average molecular weight is 299 g/mol. The van der Waals surface area contributed by atoms with E-state index in [1.807, 2.05) is 6.07 Å². The number of nitrogens with one attached hydrogen (secondary N) is 1. The van der Waals surface area contributed by atoms with Gasteiger partial charge in [0.25, 0.3) is 10.0 Å². The van der Waals surface area contributed by atoms with Crippen molar-refractivity contribution in [1.82, 2.24) is 4.89 Å². The molecule has 20 heavy (non-hydrogen) atoms. The molecule has 2 aromatic rings. The molecule has 0 bridgehead atoms. The van der Waals surface area contributed by atoms with E-state index in [1.54, 1.807) is 29.2 Å². The van der Waals surface area contributed by atoms with Crippen LogP contribution in [0, 0.1) is 11.6 Å². The van der Waals surface area contributed by atoms with Gasteiger partial charge in [-0.2, -0.15) is 0 Å². The van der Waals surface area contributed by atoms with E-state index in [0.29, 0.717) is 6.07 Å². The van der Waals surface area contributed by atoms with Gasteiger partial charge < -0.3 is 0 Å². The quantitative estimate of drug-likeness (QED) is 0.862. The maximum absolute atomic E-state index is 13.4. The highest BCUT2D eigenvalue weighted by Gasteiger charge is 2.19. The van der Waals surface area contributed by atoms with E-state index in [1.165, 1.54) is 0 Å². The Hall–Kier alpha value is -1.83. The van der Waals surface area contributed by atoms with Gasteiger partial charge in [0.1, 0.15) is 16.5 Å². The minimum atomic E-state index is -4.19. The highest BCUT2D eigenvalue weighted by atomic mass is 32.2. The maximum atomic E-state index is 13.4. The van der Waals surface area contributed by atoms with E-state index in [4.69, 9.17) is 4.84 Å². The van der Waals surface area contributed by atoms with Crippen LogP contribution in [0.25, 0.3) is 0 Å². The zero-order valence-corrected chi connectivity index (χ0v) is 11.0. The van der Waals surface area contributed by atoms with Crippen LogP contribution in [0.3, 0.4) is 0 Å². The molecule has 106 valence electrons. The number of halogens is 2. The van der Waals surface area contributed by atoms with Gasteiger partial charge in [-0.3, -0.25) is 4.84 Å². The van der Waals surface area contributed by atoms with Gasteiger partial charge >= 0.3 is 0 Å². The van der Waals surface area contributed by atoms with Gasteiger partial charge in [0, 0.05) is 6.07 Å². The summed E-state index contributed by atoms with van der Waals surface area (Å²) < 4.78 is 49.6. The molecule has 0 fully saturated rings. The smallest absolute Gasteiger partial charge is 0.265 e. The fraction of sp³-hybridized carbons (Fsp3) is 0.0769. The van der Waals surface area contributed by atoms with Crippen LogP contribution in [0.4, 0.5) is 8.78 Å². The van der Waals surface area contributed by atoms with Gasteiger partial charge in [-0.25, -0.2) is 17.2 Å². The predicted molar refractivity (Wildman–Crippen MR) is 67.9 cm³/mol. The van der Waals surface area contributed by atoms with Crippen molar-refractivity contribution in [2.45, 2.75) is 11.5 Å². The molecule has 0 radical (unpaired) electrons. The molecule has 0 aliphatic heterocycles. The predicted octanol–water partition coefficient (Wildman–Crippen LogP) is 2.37. The lowest BCUT2D eigenvalue weighted by Crippen LogP contribution is -2.25. The van der Waals surface area contributed by atoms with Crippen molar-refractivity contribution in [1.29, 1.82) is 0 Å². The van der Waals surface area contributed by atoms with Crippen LogP contribution in [0.15, 0.2) is 53.4 Å². The minimum Gasteiger partial charge on any atom is -0.282 e. The van der Waals surface area contributed by atoms with E-state index in [-0.39, 0.29) is 6.61 Å². The Morgan fingerprint density at radius 2 is 1.75 bits per heavy atom. The van der Waals surface area contributed by atoms with Crippen LogP contribution in [-0.4, -0.2) is 8.42 Å². The second-order valence-corrected chi connectivity index (χ2v) is 5.55. The van der Waals surface area contributed by atoms with E-state index in [0.717, 1.165) is 17.7 Å². The molecule has 0 unspecified atom stereocenters. The lowest BCUT2D eigenvalue weighted by atomic mass is 10.2. The van der Waals surface area contributed by atoms with E-state index in [9.17, 15) is 17.2 Å². The lowest BCUT2D eigenvalue weighted by molar-refractivity contribution is 0.0793. The molecule has 0 amide bonds. The highest BCUT2D eigenvalue weighted by molar-refractivity contribution is 7.89. The van der Waals surface area contributed by atoms with Crippen molar-refractivity contribution in [2.24, 2.45) is 0 Å². The van der Waals surface area contributed by atoms with Crippen LogP contribution in [-0.2, 0) is 21.5 Å². The first kappa shape index (κ1) is 14.6. The van der Waals surface area contributed by atoms with Crippen molar-refractivity contribution in [2.75, 3.05) is 0 Å². The molecule has 0 aliphatic rings. The summed E-state index contributed by atoms with van der Waals surface area (Å²) in [7, 11) is -4.19. The Labute approximate surface area is 115 Å². The molecule has 0 saturated carbocycles. The van der Waals surface area contributed by atoms with Crippen LogP contribution in [0.5, 0.6) is 0 Å². The number of sulfonamides is 1. The normalized spacial score (nSPS) is 11.5. The molecular formula is C13H11F2NO3S. The van der Waals surface area contributed by atoms with Crippen molar-refractivity contribution >= 4 is 10.0 Å². The summed E-state index contributed by atoms with van der Waals surface area (Å²) in [4.78, 5) is 5.95. The zero-order chi connectivity index (χ0) is 14.6. The van der Waals surface area contributed by atoms with Crippen LogP contribution >= 0.6 is 0 Å². The summed E-state index contributed by atoms with van der Waals surface area (Å²) in [6.45, 7) is -0.0110. The molecule has 0 saturated heterocycles. The van der Waals surface area contributed by atoms with Gasteiger partial charge in [0.15, 0.2) is 0 Å². The van der Waals surface area contributed by atoms with Crippen LogP contribution in [0.2, 0.25) is 0 Å². The molecule has 0 heterocycles. The van der Waals surface area contributed by atoms with E-state index >= 15 is 0 Å². The molecule has 0 spiro atoms. The first-order valence-electron chi connectivity index (χ1n) is 5.61. The monoisotopic (exact) mass is 299 g/mol. The van der Waals surface area contributed by atoms with Crippen molar-refractivity contribution < 1.29 is 22.0 Å². The van der Waals surface area contributed by atoms with E-state index in [2.05, 4.69) is 0 Å². The molecule has 2 rings (SSSR count). The third-order valence-corrected chi connectivity index (χ3v) is 3.68. The van der Waals surface area contributed by atoms with Crippen molar-refractivity contribution in [3.05, 3.63) is 65.7 Å². The summed E-state index contributed by atoms with van der Waals surface area (Å²) in [5.41, 5.74) is 0.745. The maximum Gasteiger partial charge on any atom is 0.265 e. The van der Waals surface area contributed by atoms with Crippen molar-refractivity contribution in [3.63, 3.8) is 0 Å². The first-order valence-corrected chi connectivity index (χ1v) is 7.10. The molecule has 4 nitrogen and oxygen atoms in total. The average Bonchev–Trinajstić information content (AvgIpc) is 2.39. The highest BCUT2D eigenvalue weighted by Crippen LogP contribution is 2.15. The second-order valence-electron chi connectivity index (χ2n) is 3.94. The summed E-state index contributed by atoms with van der Waals surface area (Å²) in [5.74, 6) is -2.03. The number of rotatable bonds is 5. The lowest BCUT2D eigenvalue weighted by Gasteiger charge is -2.08. The van der Waals surface area contributed by atoms with Crippen LogP contribution in [0.1, 0.15) is 5.56 Å². The molecule has 0 aromatic heterocycles. The van der Waals surface area contributed by atoms with Gasteiger partial charge in [-0.05, 0) is 17.7 Å². The summed E-state index contributed by atoms with van der Waals surface area (Å²) in [6, 6.07) is 11.0. The van der Waals surface area contributed by atoms with Crippen LogP contribution < -0.4 is 4.89 Å². The second kappa shape index (κ2) is 6.08. The molecule has 0 aliphatic carbocycles. The van der Waals surface area contributed by atoms with Gasteiger partial charge in [-0.15, -0.1) is 0 Å². The molecule has 2 aromatic carbocycles. The largest absolute Gasteiger partial charge is 0.282 e. The third kappa shape index (κ3) is 3.60. The Morgan fingerprint density at radius 3 is 2.40 bits per heavy atom. The summed E-state index contributed by atoms with van der Waals surface area (Å²) in [5, 5.41) is 0. The van der Waals surface area contributed by atoms with Gasteiger partial charge in [0.05, 0.1) is 6.61 Å². The first-order chi connectivity index (χ1) is 9.49. The Balaban J connectivity index is 2.04.